The molecule has 1 aliphatic heterocycles. The first-order valence-corrected chi connectivity index (χ1v) is 4.91. The van der Waals surface area contributed by atoms with Crippen molar-refractivity contribution < 1.29 is 9.84 Å². The Bertz CT molecular complexity index is 142. The molecule has 0 aromatic carbocycles. The second kappa shape index (κ2) is 3.75. The average Bonchev–Trinajstić information content (AvgIpc) is 2.08. The van der Waals surface area contributed by atoms with Crippen LogP contribution in [0.2, 0.25) is 0 Å². The highest BCUT2D eigenvalue weighted by Gasteiger charge is 2.37. The van der Waals surface area contributed by atoms with E-state index in [4.69, 9.17) is 4.74 Å². The van der Waals surface area contributed by atoms with Crippen molar-refractivity contribution in [2.75, 3.05) is 0 Å². The van der Waals surface area contributed by atoms with Crippen molar-refractivity contribution in [3.63, 3.8) is 0 Å². The van der Waals surface area contributed by atoms with Gasteiger partial charge in [0.1, 0.15) is 0 Å². The number of hydrogen-bond donors (Lipinski definition) is 1. The van der Waals surface area contributed by atoms with Crippen LogP contribution in [0.3, 0.4) is 0 Å². The third-order valence-corrected chi connectivity index (χ3v) is 3.20. The molecule has 0 aromatic rings. The minimum absolute atomic E-state index is 0.196. The monoisotopic (exact) mass is 172 g/mol. The number of aliphatic hydroxyl groups is 1. The Balaban J connectivity index is 2.63. The molecule has 0 radical (unpaired) electrons. The molecule has 12 heavy (non-hydrogen) atoms. The Morgan fingerprint density at radius 2 is 1.75 bits per heavy atom. The van der Waals surface area contributed by atoms with Crippen LogP contribution in [0.25, 0.3) is 0 Å². The lowest BCUT2D eigenvalue weighted by Gasteiger charge is -2.41. The van der Waals surface area contributed by atoms with Gasteiger partial charge < -0.3 is 9.84 Å². The third kappa shape index (κ3) is 1.64. The van der Waals surface area contributed by atoms with Crippen molar-refractivity contribution in [2.24, 2.45) is 11.8 Å². The zero-order valence-electron chi connectivity index (χ0n) is 8.45. The van der Waals surface area contributed by atoms with Gasteiger partial charge in [-0.25, -0.2) is 0 Å². The van der Waals surface area contributed by atoms with Crippen LogP contribution in [-0.2, 0) is 4.74 Å². The quantitative estimate of drug-likeness (QED) is 0.653. The molecule has 72 valence electrons. The Morgan fingerprint density at radius 1 is 1.17 bits per heavy atom. The summed E-state index contributed by atoms with van der Waals surface area (Å²) in [7, 11) is 0. The fourth-order valence-corrected chi connectivity index (χ4v) is 1.97. The van der Waals surface area contributed by atoms with Crippen molar-refractivity contribution in [1.29, 1.82) is 0 Å². The second-order valence-electron chi connectivity index (χ2n) is 4.00. The summed E-state index contributed by atoms with van der Waals surface area (Å²) in [5.74, 6) is 0.545. The van der Waals surface area contributed by atoms with Crippen LogP contribution in [-0.4, -0.2) is 23.4 Å². The van der Waals surface area contributed by atoms with Crippen molar-refractivity contribution in [1.82, 2.24) is 0 Å². The van der Waals surface area contributed by atoms with Gasteiger partial charge in [-0.15, -0.1) is 0 Å². The molecule has 0 saturated carbocycles. The van der Waals surface area contributed by atoms with Crippen LogP contribution in [0, 0.1) is 11.8 Å². The van der Waals surface area contributed by atoms with E-state index in [1.54, 1.807) is 0 Å². The molecule has 0 bridgehead atoms. The van der Waals surface area contributed by atoms with E-state index in [9.17, 15) is 5.11 Å². The van der Waals surface area contributed by atoms with Crippen LogP contribution < -0.4 is 0 Å². The normalized spacial score (nSPS) is 49.2. The van der Waals surface area contributed by atoms with Crippen LogP contribution in [0.15, 0.2) is 0 Å². The van der Waals surface area contributed by atoms with Crippen molar-refractivity contribution >= 4 is 0 Å². The van der Waals surface area contributed by atoms with E-state index < -0.39 is 0 Å². The molecule has 1 aliphatic rings. The lowest BCUT2D eigenvalue weighted by atomic mass is 9.82. The van der Waals surface area contributed by atoms with Gasteiger partial charge in [0.05, 0.1) is 18.3 Å². The van der Waals surface area contributed by atoms with Gasteiger partial charge in [-0.3, -0.25) is 0 Å². The molecule has 0 aromatic heterocycles. The number of aliphatic hydroxyl groups excluding tert-OH is 1. The highest BCUT2D eigenvalue weighted by Crippen LogP contribution is 2.30. The molecule has 1 fully saturated rings. The fourth-order valence-electron chi connectivity index (χ4n) is 1.97. The van der Waals surface area contributed by atoms with Gasteiger partial charge >= 0.3 is 0 Å². The van der Waals surface area contributed by atoms with Crippen LogP contribution in [0.4, 0.5) is 0 Å². The predicted octanol–water partition coefficient (Wildman–Crippen LogP) is 1.82. The maximum absolute atomic E-state index is 9.84. The molecular formula is C10H20O2. The van der Waals surface area contributed by atoms with Gasteiger partial charge in [0.15, 0.2) is 0 Å². The topological polar surface area (TPSA) is 29.5 Å². The van der Waals surface area contributed by atoms with E-state index in [1.165, 1.54) is 0 Å². The summed E-state index contributed by atoms with van der Waals surface area (Å²) in [5.41, 5.74) is 0. The first-order chi connectivity index (χ1) is 5.57. The van der Waals surface area contributed by atoms with E-state index >= 15 is 0 Å². The zero-order chi connectivity index (χ0) is 9.30. The lowest BCUT2D eigenvalue weighted by Crippen LogP contribution is -2.47. The predicted molar refractivity (Wildman–Crippen MR) is 49.0 cm³/mol. The molecule has 0 amide bonds. The molecule has 0 spiro atoms. The molecule has 0 aliphatic carbocycles. The number of ether oxygens (including phenoxy) is 1. The molecule has 1 heterocycles. The van der Waals surface area contributed by atoms with Gasteiger partial charge in [-0.2, -0.15) is 0 Å². The summed E-state index contributed by atoms with van der Waals surface area (Å²) in [6, 6.07) is 0. The molecule has 1 N–H and O–H groups in total. The van der Waals surface area contributed by atoms with Gasteiger partial charge in [0, 0.05) is 11.8 Å². The number of rotatable bonds is 1. The maximum Gasteiger partial charge on any atom is 0.0640 e. The Kier molecular flexibility index (Phi) is 3.13. The largest absolute Gasteiger partial charge is 0.392 e. The Hall–Kier alpha value is -0.0800. The summed E-state index contributed by atoms with van der Waals surface area (Å²) < 4.78 is 5.77. The van der Waals surface area contributed by atoms with E-state index in [2.05, 4.69) is 20.8 Å². The highest BCUT2D eigenvalue weighted by molar-refractivity contribution is 4.85. The van der Waals surface area contributed by atoms with Gasteiger partial charge in [-0.05, 0) is 13.3 Å². The Labute approximate surface area is 74.9 Å². The Morgan fingerprint density at radius 3 is 2.25 bits per heavy atom. The van der Waals surface area contributed by atoms with E-state index in [-0.39, 0.29) is 30.1 Å². The van der Waals surface area contributed by atoms with E-state index in [0.29, 0.717) is 0 Å². The molecular weight excluding hydrogens is 152 g/mol. The molecule has 5 atom stereocenters. The van der Waals surface area contributed by atoms with Gasteiger partial charge in [0.2, 0.25) is 0 Å². The molecule has 2 nitrogen and oxygen atoms in total. The molecule has 1 saturated heterocycles. The summed E-state index contributed by atoms with van der Waals surface area (Å²) >= 11 is 0. The maximum atomic E-state index is 9.84. The fraction of sp³-hybridized carbons (Fsp3) is 1.00. The zero-order valence-corrected chi connectivity index (χ0v) is 8.45. The lowest BCUT2D eigenvalue weighted by molar-refractivity contribution is -0.157. The average molecular weight is 172 g/mol. The van der Waals surface area contributed by atoms with Gasteiger partial charge in [-0.1, -0.05) is 20.8 Å². The molecule has 0 unspecified atom stereocenters. The minimum Gasteiger partial charge on any atom is -0.392 e. The standard InChI is InChI=1S/C10H20O2/c1-5-9-7(3)10(11)6(2)8(4)12-9/h6-11H,5H2,1-4H3/t6-,7+,8-,9-,10-/m1/s1. The van der Waals surface area contributed by atoms with Crippen molar-refractivity contribution in [3.8, 4) is 0 Å². The molecule has 1 rings (SSSR count). The van der Waals surface area contributed by atoms with E-state index in [1.807, 2.05) is 6.92 Å². The summed E-state index contributed by atoms with van der Waals surface area (Å²) in [4.78, 5) is 0. The summed E-state index contributed by atoms with van der Waals surface area (Å²) in [6.07, 6.45) is 1.24. The second-order valence-corrected chi connectivity index (χ2v) is 4.00. The minimum atomic E-state index is -0.196. The van der Waals surface area contributed by atoms with Crippen molar-refractivity contribution in [2.45, 2.75) is 52.4 Å². The summed E-state index contributed by atoms with van der Waals surface area (Å²) in [6.45, 7) is 8.28. The highest BCUT2D eigenvalue weighted by atomic mass is 16.5. The number of hydrogen-bond acceptors (Lipinski definition) is 2. The third-order valence-electron chi connectivity index (χ3n) is 3.20. The first-order valence-electron chi connectivity index (χ1n) is 4.91. The summed E-state index contributed by atoms with van der Waals surface area (Å²) in [5, 5.41) is 9.84. The van der Waals surface area contributed by atoms with Crippen LogP contribution >= 0.6 is 0 Å². The van der Waals surface area contributed by atoms with Gasteiger partial charge in [0.25, 0.3) is 0 Å². The SMILES string of the molecule is CC[C@H]1O[C@H](C)[C@@H](C)[C@@H](O)[C@H]1C. The van der Waals surface area contributed by atoms with E-state index in [0.717, 1.165) is 6.42 Å². The smallest absolute Gasteiger partial charge is 0.0640 e. The van der Waals surface area contributed by atoms with Crippen LogP contribution in [0.5, 0.6) is 0 Å². The van der Waals surface area contributed by atoms with Crippen molar-refractivity contribution in [3.05, 3.63) is 0 Å². The van der Waals surface area contributed by atoms with Crippen LogP contribution in [0.1, 0.15) is 34.1 Å². The first kappa shape index (κ1) is 10.0. The molecule has 2 heteroatoms.